The van der Waals surface area contributed by atoms with Crippen molar-refractivity contribution in [3.05, 3.63) is 34.4 Å². The zero-order valence-electron chi connectivity index (χ0n) is 9.29. The summed E-state index contributed by atoms with van der Waals surface area (Å²) >= 11 is 0. The number of fused-ring (bicyclic) bond motifs is 1. The van der Waals surface area contributed by atoms with Gasteiger partial charge < -0.3 is 10.1 Å². The van der Waals surface area contributed by atoms with Crippen molar-refractivity contribution in [3.63, 3.8) is 0 Å². The number of ether oxygens (including phenoxy) is 1. The lowest BCUT2D eigenvalue weighted by Gasteiger charge is -2.06. The molecule has 84 valence electrons. The Kier molecular flexibility index (Phi) is 2.64. The van der Waals surface area contributed by atoms with Gasteiger partial charge in [0.2, 0.25) is 0 Å². The molecule has 0 atom stereocenters. The van der Waals surface area contributed by atoms with Gasteiger partial charge in [-0.1, -0.05) is 0 Å². The third kappa shape index (κ3) is 1.66. The van der Waals surface area contributed by atoms with E-state index in [9.17, 15) is 9.59 Å². The number of esters is 1. The molecule has 0 saturated heterocycles. The highest BCUT2D eigenvalue weighted by Gasteiger charge is 2.23. The topological polar surface area (TPSA) is 55.4 Å². The van der Waals surface area contributed by atoms with Crippen LogP contribution in [0.15, 0.2) is 12.1 Å². The first-order chi connectivity index (χ1) is 7.63. The van der Waals surface area contributed by atoms with Gasteiger partial charge in [0.1, 0.15) is 0 Å². The second-order valence-electron chi connectivity index (χ2n) is 3.73. The monoisotopic (exact) mass is 219 g/mol. The molecule has 1 heterocycles. The summed E-state index contributed by atoms with van der Waals surface area (Å²) in [7, 11) is 0. The van der Waals surface area contributed by atoms with Gasteiger partial charge in [-0.2, -0.15) is 0 Å². The highest BCUT2D eigenvalue weighted by atomic mass is 16.5. The maximum Gasteiger partial charge on any atom is 0.338 e. The molecule has 2 rings (SSSR count). The van der Waals surface area contributed by atoms with Gasteiger partial charge in [-0.05, 0) is 37.1 Å². The van der Waals surface area contributed by atoms with Crippen LogP contribution in [0.5, 0.6) is 0 Å². The summed E-state index contributed by atoms with van der Waals surface area (Å²) < 4.78 is 4.93. The number of hydrogen-bond acceptors (Lipinski definition) is 3. The molecule has 1 N–H and O–H groups in total. The summed E-state index contributed by atoms with van der Waals surface area (Å²) in [6.45, 7) is 4.43. The third-order valence-electron chi connectivity index (χ3n) is 2.59. The van der Waals surface area contributed by atoms with Gasteiger partial charge in [0.05, 0.1) is 12.2 Å². The van der Waals surface area contributed by atoms with Crippen molar-refractivity contribution >= 4 is 11.9 Å². The molecule has 0 unspecified atom stereocenters. The molecule has 0 fully saturated rings. The molecular weight excluding hydrogens is 206 g/mol. The number of nitrogens with one attached hydrogen (secondary N) is 1. The minimum atomic E-state index is -0.340. The maximum atomic E-state index is 11.6. The fourth-order valence-electron chi connectivity index (χ4n) is 1.92. The van der Waals surface area contributed by atoms with Crippen LogP contribution in [0.1, 0.15) is 38.8 Å². The van der Waals surface area contributed by atoms with E-state index in [1.165, 1.54) is 0 Å². The molecule has 0 aromatic heterocycles. The van der Waals surface area contributed by atoms with E-state index in [-0.39, 0.29) is 11.9 Å². The summed E-state index contributed by atoms with van der Waals surface area (Å²) in [5, 5.41) is 2.73. The van der Waals surface area contributed by atoms with E-state index >= 15 is 0 Å². The minimum Gasteiger partial charge on any atom is -0.462 e. The molecule has 0 bridgehead atoms. The van der Waals surface area contributed by atoms with Crippen molar-refractivity contribution in [3.8, 4) is 0 Å². The Morgan fingerprint density at radius 3 is 2.94 bits per heavy atom. The number of aryl methyl sites for hydroxylation is 1. The quantitative estimate of drug-likeness (QED) is 0.765. The predicted octanol–water partition coefficient (Wildman–Crippen LogP) is 1.42. The Labute approximate surface area is 93.6 Å². The van der Waals surface area contributed by atoms with Crippen molar-refractivity contribution in [1.29, 1.82) is 0 Å². The molecule has 0 saturated carbocycles. The smallest absolute Gasteiger partial charge is 0.338 e. The largest absolute Gasteiger partial charge is 0.462 e. The summed E-state index contributed by atoms with van der Waals surface area (Å²) in [6.07, 6.45) is 0. The van der Waals surface area contributed by atoms with E-state index < -0.39 is 0 Å². The summed E-state index contributed by atoms with van der Waals surface area (Å²) in [5.74, 6) is -0.407. The normalized spacial score (nSPS) is 13.2. The molecule has 0 radical (unpaired) electrons. The lowest BCUT2D eigenvalue weighted by atomic mass is 10.0. The van der Waals surface area contributed by atoms with Crippen molar-refractivity contribution in [2.45, 2.75) is 20.4 Å². The van der Waals surface area contributed by atoms with Gasteiger partial charge in [0.25, 0.3) is 5.91 Å². The number of amides is 1. The molecule has 4 heteroatoms. The molecule has 1 aliphatic heterocycles. The molecule has 1 amide bonds. The molecular formula is C12H13NO3. The number of carbonyl (C=O) groups is 2. The fraction of sp³-hybridized carbons (Fsp3) is 0.333. The van der Waals surface area contributed by atoms with Gasteiger partial charge in [-0.15, -0.1) is 0 Å². The van der Waals surface area contributed by atoms with Crippen LogP contribution in [-0.2, 0) is 11.3 Å². The highest BCUT2D eigenvalue weighted by Crippen LogP contribution is 2.22. The predicted molar refractivity (Wildman–Crippen MR) is 58.3 cm³/mol. The van der Waals surface area contributed by atoms with Crippen LogP contribution in [0.4, 0.5) is 0 Å². The average Bonchev–Trinajstić information content (AvgIpc) is 2.61. The second-order valence-corrected chi connectivity index (χ2v) is 3.73. The van der Waals surface area contributed by atoms with E-state index in [2.05, 4.69) is 5.32 Å². The molecule has 1 aromatic carbocycles. The molecule has 0 aliphatic carbocycles. The lowest BCUT2D eigenvalue weighted by molar-refractivity contribution is 0.0526. The Balaban J connectivity index is 2.42. The van der Waals surface area contributed by atoms with E-state index in [0.29, 0.717) is 24.3 Å². The first kappa shape index (κ1) is 10.7. The van der Waals surface area contributed by atoms with Crippen LogP contribution >= 0.6 is 0 Å². The minimum absolute atomic E-state index is 0.0668. The van der Waals surface area contributed by atoms with Crippen LogP contribution in [-0.4, -0.2) is 18.5 Å². The van der Waals surface area contributed by atoms with Crippen molar-refractivity contribution < 1.29 is 14.3 Å². The zero-order chi connectivity index (χ0) is 11.7. The van der Waals surface area contributed by atoms with Crippen molar-refractivity contribution in [2.75, 3.05) is 6.61 Å². The Morgan fingerprint density at radius 2 is 2.25 bits per heavy atom. The van der Waals surface area contributed by atoms with Gasteiger partial charge in [-0.25, -0.2) is 4.79 Å². The fourth-order valence-corrected chi connectivity index (χ4v) is 1.92. The summed E-state index contributed by atoms with van der Waals surface area (Å²) in [5.41, 5.74) is 2.88. The first-order valence-electron chi connectivity index (χ1n) is 5.22. The van der Waals surface area contributed by atoms with Crippen LogP contribution in [0, 0.1) is 6.92 Å². The number of rotatable bonds is 2. The van der Waals surface area contributed by atoms with Crippen LogP contribution in [0.2, 0.25) is 0 Å². The molecule has 4 nitrogen and oxygen atoms in total. The summed E-state index contributed by atoms with van der Waals surface area (Å²) in [6, 6.07) is 3.42. The Bertz CT molecular complexity index is 466. The number of hydrogen-bond donors (Lipinski definition) is 1. The molecule has 0 spiro atoms. The van der Waals surface area contributed by atoms with Crippen LogP contribution in [0.3, 0.4) is 0 Å². The molecule has 1 aliphatic rings. The van der Waals surface area contributed by atoms with Gasteiger partial charge >= 0.3 is 5.97 Å². The number of benzene rings is 1. The van der Waals surface area contributed by atoms with Crippen molar-refractivity contribution in [2.24, 2.45) is 0 Å². The standard InChI is InChI=1S/C12H13NO3/c1-3-16-12(15)8-4-7(2)10-9(5-8)6-13-11(10)14/h4-5H,3,6H2,1-2H3,(H,13,14). The first-order valence-corrected chi connectivity index (χ1v) is 5.22. The van der Waals surface area contributed by atoms with Crippen LogP contribution < -0.4 is 5.32 Å². The van der Waals surface area contributed by atoms with E-state index in [1.54, 1.807) is 19.1 Å². The van der Waals surface area contributed by atoms with Gasteiger partial charge in [0.15, 0.2) is 0 Å². The second kappa shape index (κ2) is 3.96. The van der Waals surface area contributed by atoms with E-state index in [1.807, 2.05) is 6.92 Å². The average molecular weight is 219 g/mol. The number of carbonyl (C=O) groups excluding carboxylic acids is 2. The lowest BCUT2D eigenvalue weighted by Crippen LogP contribution is -2.13. The molecule has 16 heavy (non-hydrogen) atoms. The third-order valence-corrected chi connectivity index (χ3v) is 2.59. The Hall–Kier alpha value is -1.84. The van der Waals surface area contributed by atoms with E-state index in [4.69, 9.17) is 4.74 Å². The van der Waals surface area contributed by atoms with E-state index in [0.717, 1.165) is 11.1 Å². The highest BCUT2D eigenvalue weighted by molar-refractivity contribution is 6.01. The SMILES string of the molecule is CCOC(=O)c1cc(C)c2c(c1)CNC2=O. The maximum absolute atomic E-state index is 11.6. The molecule has 1 aromatic rings. The van der Waals surface area contributed by atoms with Gasteiger partial charge in [-0.3, -0.25) is 4.79 Å². The van der Waals surface area contributed by atoms with Crippen LogP contribution in [0.25, 0.3) is 0 Å². The Morgan fingerprint density at radius 1 is 1.50 bits per heavy atom. The van der Waals surface area contributed by atoms with Crippen molar-refractivity contribution in [1.82, 2.24) is 5.32 Å². The zero-order valence-corrected chi connectivity index (χ0v) is 9.29. The van der Waals surface area contributed by atoms with Gasteiger partial charge in [0, 0.05) is 12.1 Å². The summed E-state index contributed by atoms with van der Waals surface area (Å²) in [4.78, 5) is 23.0.